The van der Waals surface area contributed by atoms with Crippen molar-refractivity contribution in [1.29, 1.82) is 0 Å². The van der Waals surface area contributed by atoms with Crippen LogP contribution in [0.2, 0.25) is 5.02 Å². The van der Waals surface area contributed by atoms with Gasteiger partial charge in [-0.25, -0.2) is 4.98 Å². The lowest BCUT2D eigenvalue weighted by Crippen LogP contribution is -1.91. The molecule has 2 aromatic carbocycles. The first-order chi connectivity index (χ1) is 9.83. The third-order valence-electron chi connectivity index (χ3n) is 3.45. The average molecular weight is 279 g/mol. The Morgan fingerprint density at radius 3 is 2.55 bits per heavy atom. The van der Waals surface area contributed by atoms with Crippen molar-refractivity contribution in [3.8, 4) is 11.3 Å². The molecule has 3 heteroatoms. The van der Waals surface area contributed by atoms with Crippen molar-refractivity contribution < 1.29 is 0 Å². The van der Waals surface area contributed by atoms with Gasteiger partial charge in [0.15, 0.2) is 0 Å². The molecule has 20 heavy (non-hydrogen) atoms. The molecule has 4 aromatic rings. The molecule has 0 aliphatic heterocycles. The van der Waals surface area contributed by atoms with Crippen LogP contribution in [0.5, 0.6) is 0 Å². The summed E-state index contributed by atoms with van der Waals surface area (Å²) in [7, 11) is 0. The third kappa shape index (κ3) is 1.69. The number of hydrogen-bond acceptors (Lipinski definition) is 1. The van der Waals surface area contributed by atoms with Gasteiger partial charge in [0.1, 0.15) is 5.65 Å². The smallest absolute Gasteiger partial charge is 0.138 e. The molecule has 0 saturated heterocycles. The van der Waals surface area contributed by atoms with Crippen LogP contribution in [-0.2, 0) is 0 Å². The first kappa shape index (κ1) is 11.5. The molecule has 0 aliphatic rings. The molecule has 0 N–H and O–H groups in total. The maximum Gasteiger partial charge on any atom is 0.138 e. The number of hydrogen-bond donors (Lipinski definition) is 0. The summed E-state index contributed by atoms with van der Waals surface area (Å²) < 4.78 is 2.17. The van der Waals surface area contributed by atoms with Gasteiger partial charge in [0.2, 0.25) is 0 Å². The predicted molar refractivity (Wildman–Crippen MR) is 83.1 cm³/mol. The van der Waals surface area contributed by atoms with E-state index >= 15 is 0 Å². The van der Waals surface area contributed by atoms with Crippen LogP contribution in [0.1, 0.15) is 0 Å². The van der Waals surface area contributed by atoms with E-state index in [0.29, 0.717) is 5.02 Å². The van der Waals surface area contributed by atoms with Crippen molar-refractivity contribution in [2.75, 3.05) is 0 Å². The Balaban J connectivity index is 2.14. The number of benzene rings is 2. The molecule has 0 bridgehead atoms. The molecule has 0 atom stereocenters. The second kappa shape index (κ2) is 4.36. The quantitative estimate of drug-likeness (QED) is 0.488. The second-order valence-electron chi connectivity index (χ2n) is 4.72. The number of pyridine rings is 1. The lowest BCUT2D eigenvalue weighted by atomic mass is 10.1. The zero-order chi connectivity index (χ0) is 13.5. The highest BCUT2D eigenvalue weighted by Gasteiger charge is 2.09. The molecular weight excluding hydrogens is 268 g/mol. The number of aromatic nitrogens is 2. The van der Waals surface area contributed by atoms with E-state index < -0.39 is 0 Å². The van der Waals surface area contributed by atoms with E-state index in [1.54, 1.807) is 0 Å². The predicted octanol–water partition coefficient (Wildman–Crippen LogP) is 4.81. The van der Waals surface area contributed by atoms with Gasteiger partial charge in [-0.2, -0.15) is 0 Å². The molecular formula is C17H11ClN2. The molecule has 0 radical (unpaired) electrons. The Bertz CT molecular complexity index is 910. The van der Waals surface area contributed by atoms with E-state index in [9.17, 15) is 0 Å². The molecule has 4 rings (SSSR count). The fourth-order valence-electron chi connectivity index (χ4n) is 2.57. The van der Waals surface area contributed by atoms with Crippen LogP contribution in [0.4, 0.5) is 0 Å². The summed E-state index contributed by atoms with van der Waals surface area (Å²) in [4.78, 5) is 4.64. The number of nitrogens with zero attached hydrogens (tertiary/aromatic N) is 2. The van der Waals surface area contributed by atoms with Crippen molar-refractivity contribution in [3.05, 3.63) is 71.8 Å². The van der Waals surface area contributed by atoms with E-state index in [-0.39, 0.29) is 0 Å². The van der Waals surface area contributed by atoms with Gasteiger partial charge in [-0.1, -0.05) is 48.0 Å². The first-order valence-corrected chi connectivity index (χ1v) is 6.83. The molecule has 0 amide bonds. The molecule has 2 aromatic heterocycles. The fourth-order valence-corrected chi connectivity index (χ4v) is 2.74. The van der Waals surface area contributed by atoms with Crippen molar-refractivity contribution in [1.82, 2.24) is 9.38 Å². The summed E-state index contributed by atoms with van der Waals surface area (Å²) >= 11 is 6.05. The molecule has 0 fully saturated rings. The largest absolute Gasteiger partial charge is 0.292 e. The molecule has 0 saturated carbocycles. The number of rotatable bonds is 1. The van der Waals surface area contributed by atoms with Crippen LogP contribution >= 0.6 is 11.6 Å². The molecule has 2 nitrogen and oxygen atoms in total. The standard InChI is InChI=1S/C17H11ClN2/c18-13-9-10-16-14(11-13)19-17-8-4-7-15(20(16)17)12-5-2-1-3-6-12/h1-11H. The fraction of sp³-hybridized carbons (Fsp3) is 0. The van der Waals surface area contributed by atoms with Crippen molar-refractivity contribution >= 4 is 28.3 Å². The van der Waals surface area contributed by atoms with Crippen molar-refractivity contribution in [3.63, 3.8) is 0 Å². The summed E-state index contributed by atoms with van der Waals surface area (Å²) in [5, 5.41) is 0.710. The zero-order valence-corrected chi connectivity index (χ0v) is 11.4. The monoisotopic (exact) mass is 278 g/mol. The van der Waals surface area contributed by atoms with Crippen LogP contribution in [0.15, 0.2) is 66.7 Å². The Hall–Kier alpha value is -2.32. The van der Waals surface area contributed by atoms with E-state index in [1.165, 1.54) is 5.56 Å². The van der Waals surface area contributed by atoms with Gasteiger partial charge in [0.05, 0.1) is 16.7 Å². The summed E-state index contributed by atoms with van der Waals surface area (Å²) in [5.74, 6) is 0. The van der Waals surface area contributed by atoms with Crippen LogP contribution < -0.4 is 0 Å². The van der Waals surface area contributed by atoms with Gasteiger partial charge < -0.3 is 0 Å². The minimum absolute atomic E-state index is 0.710. The summed E-state index contributed by atoms with van der Waals surface area (Å²) in [6.07, 6.45) is 0. The Morgan fingerprint density at radius 2 is 1.70 bits per heavy atom. The van der Waals surface area contributed by atoms with Gasteiger partial charge in [0, 0.05) is 5.02 Å². The number of imidazole rings is 1. The maximum absolute atomic E-state index is 6.05. The van der Waals surface area contributed by atoms with Crippen LogP contribution in [0.25, 0.3) is 27.9 Å². The summed E-state index contributed by atoms with van der Waals surface area (Å²) in [6.45, 7) is 0. The van der Waals surface area contributed by atoms with Gasteiger partial charge in [0.25, 0.3) is 0 Å². The van der Waals surface area contributed by atoms with Crippen LogP contribution in [0, 0.1) is 0 Å². The third-order valence-corrected chi connectivity index (χ3v) is 3.69. The molecule has 0 unspecified atom stereocenters. The maximum atomic E-state index is 6.05. The van der Waals surface area contributed by atoms with Crippen molar-refractivity contribution in [2.45, 2.75) is 0 Å². The Morgan fingerprint density at radius 1 is 0.850 bits per heavy atom. The van der Waals surface area contributed by atoms with E-state index in [1.807, 2.05) is 48.5 Å². The highest BCUT2D eigenvalue weighted by molar-refractivity contribution is 6.31. The molecule has 2 heterocycles. The Kier molecular flexibility index (Phi) is 2.51. The Labute approximate surface area is 121 Å². The second-order valence-corrected chi connectivity index (χ2v) is 5.15. The van der Waals surface area contributed by atoms with E-state index in [4.69, 9.17) is 11.6 Å². The zero-order valence-electron chi connectivity index (χ0n) is 10.6. The molecule has 0 aliphatic carbocycles. The number of fused-ring (bicyclic) bond motifs is 3. The van der Waals surface area contributed by atoms with Gasteiger partial charge in [-0.3, -0.25) is 4.40 Å². The van der Waals surface area contributed by atoms with Gasteiger partial charge in [-0.15, -0.1) is 0 Å². The summed E-state index contributed by atoms with van der Waals surface area (Å²) in [6, 6.07) is 22.3. The molecule has 96 valence electrons. The van der Waals surface area contributed by atoms with Crippen LogP contribution in [-0.4, -0.2) is 9.38 Å². The lowest BCUT2D eigenvalue weighted by molar-refractivity contribution is 1.23. The normalized spacial score (nSPS) is 11.2. The topological polar surface area (TPSA) is 17.3 Å². The van der Waals surface area contributed by atoms with E-state index in [2.05, 4.69) is 27.6 Å². The minimum Gasteiger partial charge on any atom is -0.292 e. The lowest BCUT2D eigenvalue weighted by Gasteiger charge is -2.06. The van der Waals surface area contributed by atoms with E-state index in [0.717, 1.165) is 22.4 Å². The van der Waals surface area contributed by atoms with Gasteiger partial charge >= 0.3 is 0 Å². The number of halogens is 1. The average Bonchev–Trinajstić information content (AvgIpc) is 2.85. The molecule has 0 spiro atoms. The highest BCUT2D eigenvalue weighted by atomic mass is 35.5. The minimum atomic E-state index is 0.710. The highest BCUT2D eigenvalue weighted by Crippen LogP contribution is 2.26. The van der Waals surface area contributed by atoms with Gasteiger partial charge in [-0.05, 0) is 35.9 Å². The summed E-state index contributed by atoms with van der Waals surface area (Å²) in [5.41, 5.74) is 5.23. The first-order valence-electron chi connectivity index (χ1n) is 6.45. The van der Waals surface area contributed by atoms with Crippen LogP contribution in [0.3, 0.4) is 0 Å². The SMILES string of the molecule is Clc1ccc2c(c1)nc1cccc(-c3ccccc3)n12. The van der Waals surface area contributed by atoms with Crippen molar-refractivity contribution in [2.24, 2.45) is 0 Å².